The summed E-state index contributed by atoms with van der Waals surface area (Å²) in [5, 5.41) is 17.9. The molecule has 6 heteroatoms. The fourth-order valence-corrected chi connectivity index (χ4v) is 3.52. The average Bonchev–Trinajstić information content (AvgIpc) is 3.24. The second kappa shape index (κ2) is 6.89. The zero-order valence-electron chi connectivity index (χ0n) is 12.2. The number of hydrogen-bond acceptors (Lipinski definition) is 4. The van der Waals surface area contributed by atoms with Gasteiger partial charge in [0.25, 0.3) is 0 Å². The van der Waals surface area contributed by atoms with Crippen LogP contribution in [0.15, 0.2) is 29.8 Å². The zero-order valence-corrected chi connectivity index (χ0v) is 13.1. The third-order valence-electron chi connectivity index (χ3n) is 4.02. The summed E-state index contributed by atoms with van der Waals surface area (Å²) in [5.74, 6) is 0.530. The molecule has 116 valence electrons. The molecule has 1 amide bonds. The van der Waals surface area contributed by atoms with Crippen LogP contribution in [0.4, 0.5) is 0 Å². The number of rotatable bonds is 4. The molecule has 22 heavy (non-hydrogen) atoms. The van der Waals surface area contributed by atoms with Crippen molar-refractivity contribution in [3.05, 3.63) is 45.9 Å². The van der Waals surface area contributed by atoms with Crippen molar-refractivity contribution in [2.75, 3.05) is 13.1 Å². The van der Waals surface area contributed by atoms with Gasteiger partial charge < -0.3 is 10.0 Å². The second-order valence-corrected chi connectivity index (χ2v) is 6.40. The number of nitrogens with one attached hydrogen (secondary N) is 1. The van der Waals surface area contributed by atoms with E-state index in [2.05, 4.69) is 10.2 Å². The van der Waals surface area contributed by atoms with Crippen LogP contribution in [-0.2, 0) is 11.4 Å². The number of carbonyl (C=O) groups excluding carboxylic acids is 1. The molecule has 5 nitrogen and oxygen atoms in total. The Bertz CT molecular complexity index is 640. The molecule has 2 N–H and O–H groups in total. The van der Waals surface area contributed by atoms with Gasteiger partial charge in [-0.25, -0.2) is 0 Å². The van der Waals surface area contributed by atoms with E-state index in [0.29, 0.717) is 5.92 Å². The number of piperidine rings is 1. The smallest absolute Gasteiger partial charge is 0.246 e. The van der Waals surface area contributed by atoms with E-state index in [1.165, 1.54) is 11.3 Å². The van der Waals surface area contributed by atoms with Gasteiger partial charge in [0.2, 0.25) is 5.91 Å². The van der Waals surface area contributed by atoms with Gasteiger partial charge in [0.05, 0.1) is 6.61 Å². The molecular weight excluding hydrogens is 298 g/mol. The molecular formula is C16H19N3O2S. The highest BCUT2D eigenvalue weighted by molar-refractivity contribution is 7.11. The molecule has 0 aromatic carbocycles. The van der Waals surface area contributed by atoms with Crippen LogP contribution in [-0.4, -0.2) is 39.2 Å². The lowest BCUT2D eigenvalue weighted by Crippen LogP contribution is -2.36. The molecule has 0 saturated carbocycles. The van der Waals surface area contributed by atoms with Crippen molar-refractivity contribution in [2.45, 2.75) is 25.4 Å². The molecule has 1 fully saturated rings. The minimum Gasteiger partial charge on any atom is -0.392 e. The molecule has 0 aliphatic carbocycles. The Labute approximate surface area is 133 Å². The van der Waals surface area contributed by atoms with Gasteiger partial charge >= 0.3 is 0 Å². The van der Waals surface area contributed by atoms with E-state index in [9.17, 15) is 4.79 Å². The molecule has 1 aliphatic heterocycles. The number of aromatic amines is 1. The summed E-state index contributed by atoms with van der Waals surface area (Å²) in [6.07, 6.45) is 7.17. The third kappa shape index (κ3) is 3.45. The van der Waals surface area contributed by atoms with Gasteiger partial charge in [-0.15, -0.1) is 11.3 Å². The molecule has 0 atom stereocenters. The maximum absolute atomic E-state index is 12.2. The van der Waals surface area contributed by atoms with Crippen LogP contribution in [0.1, 0.15) is 34.9 Å². The lowest BCUT2D eigenvalue weighted by atomic mass is 9.93. The Balaban J connectivity index is 1.53. The van der Waals surface area contributed by atoms with Crippen molar-refractivity contribution in [3.63, 3.8) is 0 Å². The Morgan fingerprint density at radius 1 is 1.50 bits per heavy atom. The van der Waals surface area contributed by atoms with E-state index in [0.717, 1.165) is 42.1 Å². The quantitative estimate of drug-likeness (QED) is 0.851. The minimum absolute atomic E-state index is 0.0411. The first-order chi connectivity index (χ1) is 10.8. The minimum atomic E-state index is 0.0411. The summed E-state index contributed by atoms with van der Waals surface area (Å²) in [6.45, 7) is 1.60. The largest absolute Gasteiger partial charge is 0.392 e. The fourth-order valence-electron chi connectivity index (χ4n) is 2.73. The van der Waals surface area contributed by atoms with Gasteiger partial charge in [0.1, 0.15) is 0 Å². The van der Waals surface area contributed by atoms with Gasteiger partial charge in [-0.2, -0.15) is 5.10 Å². The summed E-state index contributed by atoms with van der Waals surface area (Å²) < 4.78 is 0. The summed E-state index contributed by atoms with van der Waals surface area (Å²) in [6, 6.07) is 3.91. The molecule has 0 radical (unpaired) electrons. The van der Waals surface area contributed by atoms with Crippen LogP contribution in [0.5, 0.6) is 0 Å². The van der Waals surface area contributed by atoms with E-state index >= 15 is 0 Å². The standard InChI is InChI=1S/C16H19N3O2S/c20-10-12-9-14(22-11-12)1-2-16(21)19-7-4-13(5-8-19)15-3-6-17-18-15/h1-3,6,9,11,13,20H,4-5,7-8,10H2,(H,17,18)/b2-1+. The van der Waals surface area contributed by atoms with Gasteiger partial charge in [-0.1, -0.05) is 0 Å². The maximum atomic E-state index is 12.2. The number of nitrogens with zero attached hydrogens (tertiary/aromatic N) is 2. The number of amides is 1. The molecule has 1 aliphatic rings. The molecule has 2 aromatic rings. The van der Waals surface area contributed by atoms with Crippen molar-refractivity contribution in [1.82, 2.24) is 15.1 Å². The predicted molar refractivity (Wildman–Crippen MR) is 86.4 cm³/mol. The summed E-state index contributed by atoms with van der Waals surface area (Å²) in [4.78, 5) is 15.1. The molecule has 2 aromatic heterocycles. The first-order valence-corrected chi connectivity index (χ1v) is 8.29. The van der Waals surface area contributed by atoms with Crippen molar-refractivity contribution in [3.8, 4) is 0 Å². The van der Waals surface area contributed by atoms with Crippen LogP contribution >= 0.6 is 11.3 Å². The lowest BCUT2D eigenvalue weighted by Gasteiger charge is -2.30. The first-order valence-electron chi connectivity index (χ1n) is 7.41. The van der Waals surface area contributed by atoms with Crippen LogP contribution < -0.4 is 0 Å². The SMILES string of the molecule is O=C(/C=C/c1cc(CO)cs1)N1CCC(c2ccn[nH]2)CC1. The first kappa shape index (κ1) is 15.0. The van der Waals surface area contributed by atoms with E-state index in [-0.39, 0.29) is 12.5 Å². The number of thiophene rings is 1. The highest BCUT2D eigenvalue weighted by Crippen LogP contribution is 2.26. The molecule has 0 bridgehead atoms. The van der Waals surface area contributed by atoms with Crippen LogP contribution in [0, 0.1) is 0 Å². The van der Waals surface area contributed by atoms with Crippen molar-refractivity contribution in [1.29, 1.82) is 0 Å². The summed E-state index contributed by atoms with van der Waals surface area (Å²) in [5.41, 5.74) is 2.05. The van der Waals surface area contributed by atoms with Crippen LogP contribution in [0.3, 0.4) is 0 Å². The topological polar surface area (TPSA) is 69.2 Å². The number of aliphatic hydroxyl groups is 1. The third-order valence-corrected chi connectivity index (χ3v) is 4.96. The molecule has 3 heterocycles. The number of carbonyl (C=O) groups is 1. The molecule has 3 rings (SSSR count). The van der Waals surface area contributed by atoms with Crippen LogP contribution in [0.25, 0.3) is 6.08 Å². The van der Waals surface area contributed by atoms with Crippen LogP contribution in [0.2, 0.25) is 0 Å². The highest BCUT2D eigenvalue weighted by atomic mass is 32.1. The highest BCUT2D eigenvalue weighted by Gasteiger charge is 2.23. The Hall–Kier alpha value is -1.92. The second-order valence-electron chi connectivity index (χ2n) is 5.46. The van der Waals surface area contributed by atoms with Gasteiger partial charge in [-0.3, -0.25) is 9.89 Å². The number of hydrogen-bond donors (Lipinski definition) is 2. The Morgan fingerprint density at radius 2 is 2.32 bits per heavy atom. The van der Waals surface area contributed by atoms with Gasteiger partial charge in [-0.05, 0) is 42.0 Å². The van der Waals surface area contributed by atoms with Crippen molar-refractivity contribution in [2.24, 2.45) is 0 Å². The average molecular weight is 317 g/mol. The number of H-pyrrole nitrogens is 1. The van der Waals surface area contributed by atoms with Crippen molar-refractivity contribution < 1.29 is 9.90 Å². The number of aliphatic hydroxyl groups excluding tert-OH is 1. The fraction of sp³-hybridized carbons (Fsp3) is 0.375. The Morgan fingerprint density at radius 3 is 2.95 bits per heavy atom. The van der Waals surface area contributed by atoms with Gasteiger partial charge in [0, 0.05) is 41.9 Å². The van der Waals surface area contributed by atoms with E-state index in [1.54, 1.807) is 12.3 Å². The summed E-state index contributed by atoms with van der Waals surface area (Å²) in [7, 11) is 0. The lowest BCUT2D eigenvalue weighted by molar-refractivity contribution is -0.126. The van der Waals surface area contributed by atoms with E-state index < -0.39 is 0 Å². The summed E-state index contributed by atoms with van der Waals surface area (Å²) >= 11 is 1.53. The maximum Gasteiger partial charge on any atom is 0.246 e. The van der Waals surface area contributed by atoms with Gasteiger partial charge in [0.15, 0.2) is 0 Å². The predicted octanol–water partition coefficient (Wildman–Crippen LogP) is 2.38. The van der Waals surface area contributed by atoms with E-state index in [4.69, 9.17) is 5.11 Å². The number of likely N-dealkylation sites (tertiary alicyclic amines) is 1. The monoisotopic (exact) mass is 317 g/mol. The molecule has 0 spiro atoms. The Kier molecular flexibility index (Phi) is 4.70. The van der Waals surface area contributed by atoms with Crippen molar-refractivity contribution >= 4 is 23.3 Å². The molecule has 0 unspecified atom stereocenters. The number of aromatic nitrogens is 2. The molecule has 1 saturated heterocycles. The normalized spacial score (nSPS) is 16.5. The zero-order chi connectivity index (χ0) is 15.4. The van der Waals surface area contributed by atoms with E-state index in [1.807, 2.05) is 28.5 Å².